The zero-order valence-corrected chi connectivity index (χ0v) is 22.2. The van der Waals surface area contributed by atoms with Crippen LogP contribution in [0.2, 0.25) is 10.0 Å². The van der Waals surface area contributed by atoms with E-state index in [0.29, 0.717) is 35.1 Å². The van der Waals surface area contributed by atoms with Gasteiger partial charge in [-0.05, 0) is 67.3 Å². The highest BCUT2D eigenvalue weighted by Crippen LogP contribution is 2.38. The monoisotopic (exact) mass is 556 g/mol. The van der Waals surface area contributed by atoms with Crippen LogP contribution < -0.4 is 22.1 Å². The minimum absolute atomic E-state index is 0. The highest BCUT2D eigenvalue weighted by molar-refractivity contribution is 6.35. The number of nitrogens with zero attached hydrogens (tertiary/aromatic N) is 2. The quantitative estimate of drug-likeness (QED) is 0.179. The fraction of sp³-hybridized carbons (Fsp3) is 0.375. The van der Waals surface area contributed by atoms with Crippen LogP contribution in [0.25, 0.3) is 0 Å². The molecule has 0 spiro atoms. The molecule has 0 aliphatic carbocycles. The fourth-order valence-corrected chi connectivity index (χ4v) is 4.78. The molecule has 2 unspecified atom stereocenters. The number of aliphatic imine (C=N–C) groups is 1. The number of nitrogens with one attached hydrogen (secondary N) is 2. The first-order chi connectivity index (χ1) is 16.6. The predicted octanol–water partition coefficient (Wildman–Crippen LogP) is 4.01. The third kappa shape index (κ3) is 8.16. The molecule has 1 aliphatic heterocycles. The summed E-state index contributed by atoms with van der Waals surface area (Å²) in [4.78, 5) is 30.2. The number of carbonyl (C=O) groups excluding carboxylic acids is 1. The number of benzene rings is 2. The molecule has 9 nitrogen and oxygen atoms in total. The largest absolute Gasteiger partial charge is 0.480 e. The number of carboxylic acids is 1. The minimum atomic E-state index is -1.11. The molecule has 0 saturated heterocycles. The number of hydrogen-bond donors (Lipinski definition) is 5. The van der Waals surface area contributed by atoms with Crippen LogP contribution >= 0.6 is 35.6 Å². The average molecular weight is 558 g/mol. The summed E-state index contributed by atoms with van der Waals surface area (Å²) in [6, 6.07) is 9.55. The van der Waals surface area contributed by atoms with Crippen molar-refractivity contribution in [2.24, 2.45) is 16.5 Å². The second kappa shape index (κ2) is 13.5. The predicted molar refractivity (Wildman–Crippen MR) is 146 cm³/mol. The number of aliphatic carboxylic acids is 1. The molecule has 0 radical (unpaired) electrons. The number of amides is 2. The molecule has 2 aromatic rings. The van der Waals surface area contributed by atoms with Crippen molar-refractivity contribution < 1.29 is 14.7 Å². The summed E-state index contributed by atoms with van der Waals surface area (Å²) in [6.07, 6.45) is 1.41. The van der Waals surface area contributed by atoms with Gasteiger partial charge in [-0.3, -0.25) is 4.99 Å². The smallest absolute Gasteiger partial charge is 0.326 e. The summed E-state index contributed by atoms with van der Waals surface area (Å²) in [6.45, 7) is 1.90. The van der Waals surface area contributed by atoms with Crippen molar-refractivity contribution in [1.29, 1.82) is 0 Å². The number of rotatable bonds is 9. The van der Waals surface area contributed by atoms with Crippen LogP contribution in [0.15, 0.2) is 41.4 Å². The van der Waals surface area contributed by atoms with Crippen molar-refractivity contribution in [1.82, 2.24) is 10.2 Å². The number of likely N-dealkylation sites (N-methyl/N-ethyl adjacent to an activating group) is 1. The average Bonchev–Trinajstić information content (AvgIpc) is 2.78. The minimum Gasteiger partial charge on any atom is -0.480 e. The second-order valence-electron chi connectivity index (χ2n) is 8.62. The molecule has 0 saturated carbocycles. The number of urea groups is 1. The van der Waals surface area contributed by atoms with E-state index in [2.05, 4.69) is 20.5 Å². The molecular formula is C24H31Cl3N6O3. The van der Waals surface area contributed by atoms with Crippen LogP contribution in [-0.2, 0) is 11.3 Å². The lowest BCUT2D eigenvalue weighted by Crippen LogP contribution is -2.43. The molecule has 2 atom stereocenters. The van der Waals surface area contributed by atoms with Gasteiger partial charge >= 0.3 is 12.0 Å². The number of carbonyl (C=O) groups is 2. The Kier molecular flexibility index (Phi) is 11.1. The highest BCUT2D eigenvalue weighted by Gasteiger charge is 2.27. The highest BCUT2D eigenvalue weighted by atomic mass is 35.5. The van der Waals surface area contributed by atoms with E-state index in [-0.39, 0.29) is 30.7 Å². The van der Waals surface area contributed by atoms with Gasteiger partial charge in [0.05, 0.1) is 0 Å². The molecule has 0 fully saturated rings. The van der Waals surface area contributed by atoms with E-state index in [9.17, 15) is 14.7 Å². The SMILES string of the molecule is CN1Cc2c(Cl)cc(Cl)cc2C(c2cccc(NC(=O)NC(CCCCN=C(N)N)C(=O)O)c2)C1.Cl. The summed E-state index contributed by atoms with van der Waals surface area (Å²) in [5.74, 6) is -1.10. The van der Waals surface area contributed by atoms with E-state index in [0.717, 1.165) is 29.8 Å². The summed E-state index contributed by atoms with van der Waals surface area (Å²) >= 11 is 12.7. The van der Waals surface area contributed by atoms with Crippen LogP contribution in [0, 0.1) is 0 Å². The molecule has 1 aliphatic rings. The Morgan fingerprint density at radius 1 is 1.22 bits per heavy atom. The third-order valence-electron chi connectivity index (χ3n) is 5.84. The van der Waals surface area contributed by atoms with Crippen LogP contribution in [0.1, 0.15) is 41.9 Å². The van der Waals surface area contributed by atoms with Gasteiger partial charge in [0.1, 0.15) is 6.04 Å². The lowest BCUT2D eigenvalue weighted by Gasteiger charge is -2.33. The molecule has 0 bridgehead atoms. The summed E-state index contributed by atoms with van der Waals surface area (Å²) in [5.41, 5.74) is 14.2. The van der Waals surface area contributed by atoms with Gasteiger partial charge in [0, 0.05) is 41.3 Å². The van der Waals surface area contributed by atoms with Gasteiger partial charge in [-0.15, -0.1) is 12.4 Å². The molecular weight excluding hydrogens is 527 g/mol. The number of halogens is 3. The van der Waals surface area contributed by atoms with E-state index in [1.165, 1.54) is 0 Å². The zero-order chi connectivity index (χ0) is 25.5. The number of fused-ring (bicyclic) bond motifs is 1. The third-order valence-corrected chi connectivity index (χ3v) is 6.39. The molecule has 3 rings (SSSR count). The van der Waals surface area contributed by atoms with Crippen molar-refractivity contribution in [2.75, 3.05) is 25.5 Å². The van der Waals surface area contributed by atoms with Crippen LogP contribution in [0.5, 0.6) is 0 Å². The van der Waals surface area contributed by atoms with Crippen molar-refractivity contribution in [3.63, 3.8) is 0 Å². The zero-order valence-electron chi connectivity index (χ0n) is 19.8. The van der Waals surface area contributed by atoms with Crippen molar-refractivity contribution >= 4 is 59.3 Å². The molecule has 12 heteroatoms. The fourth-order valence-electron chi connectivity index (χ4n) is 4.21. The van der Waals surface area contributed by atoms with E-state index >= 15 is 0 Å². The number of hydrogen-bond acceptors (Lipinski definition) is 4. The van der Waals surface area contributed by atoms with Gasteiger partial charge in [0.15, 0.2) is 5.96 Å². The summed E-state index contributed by atoms with van der Waals surface area (Å²) < 4.78 is 0. The van der Waals surface area contributed by atoms with Gasteiger partial charge in [-0.1, -0.05) is 35.3 Å². The summed E-state index contributed by atoms with van der Waals surface area (Å²) in [5, 5.41) is 16.0. The number of nitrogens with two attached hydrogens (primary N) is 2. The van der Waals surface area contributed by atoms with Gasteiger partial charge in [0.25, 0.3) is 0 Å². The van der Waals surface area contributed by atoms with E-state index in [1.807, 2.05) is 31.3 Å². The van der Waals surface area contributed by atoms with E-state index < -0.39 is 18.0 Å². The van der Waals surface area contributed by atoms with Gasteiger partial charge < -0.3 is 32.1 Å². The first kappa shape index (κ1) is 29.5. The van der Waals surface area contributed by atoms with Crippen molar-refractivity contribution in [3.8, 4) is 0 Å². The molecule has 2 amide bonds. The van der Waals surface area contributed by atoms with Crippen LogP contribution in [-0.4, -0.2) is 54.1 Å². The van der Waals surface area contributed by atoms with Gasteiger partial charge in [-0.25, -0.2) is 9.59 Å². The molecule has 196 valence electrons. The maximum absolute atomic E-state index is 12.5. The lowest BCUT2D eigenvalue weighted by atomic mass is 9.84. The van der Waals surface area contributed by atoms with Gasteiger partial charge in [-0.2, -0.15) is 0 Å². The Labute approximate surface area is 226 Å². The summed E-state index contributed by atoms with van der Waals surface area (Å²) in [7, 11) is 2.03. The lowest BCUT2D eigenvalue weighted by molar-refractivity contribution is -0.139. The first-order valence-electron chi connectivity index (χ1n) is 11.3. The van der Waals surface area contributed by atoms with Crippen molar-refractivity contribution in [3.05, 3.63) is 63.1 Å². The Morgan fingerprint density at radius 3 is 2.67 bits per heavy atom. The first-order valence-corrected chi connectivity index (χ1v) is 12.0. The van der Waals surface area contributed by atoms with E-state index in [4.69, 9.17) is 34.7 Å². The van der Waals surface area contributed by atoms with Crippen LogP contribution in [0.4, 0.5) is 10.5 Å². The number of unbranched alkanes of at least 4 members (excludes halogenated alkanes) is 1. The Hall–Kier alpha value is -2.72. The molecule has 2 aromatic carbocycles. The Bertz CT molecular complexity index is 1110. The normalized spacial score (nSPS) is 15.7. The molecule has 0 aromatic heterocycles. The standard InChI is InChI=1S/C24H30Cl2N6O3.ClH/c1-32-12-18(17-10-15(25)11-20(26)19(17)13-32)14-5-4-6-16(9-14)30-24(35)31-21(22(33)34)7-2-3-8-29-23(27)28;/h4-6,9-11,18,21H,2-3,7-8,12-13H2,1H3,(H,33,34)(H4,27,28,29)(H2,30,31,35);1H. The number of guanidine groups is 1. The second-order valence-corrected chi connectivity index (χ2v) is 9.47. The maximum Gasteiger partial charge on any atom is 0.326 e. The molecule has 7 N–H and O–H groups in total. The number of carboxylic acid groups (broad SMARTS) is 1. The van der Waals surface area contributed by atoms with Gasteiger partial charge in [0.2, 0.25) is 0 Å². The van der Waals surface area contributed by atoms with Crippen molar-refractivity contribution in [2.45, 2.75) is 37.8 Å². The molecule has 1 heterocycles. The Morgan fingerprint density at radius 2 is 1.97 bits per heavy atom. The topological polar surface area (TPSA) is 146 Å². The maximum atomic E-state index is 12.5. The van der Waals surface area contributed by atoms with E-state index in [1.54, 1.807) is 12.1 Å². The molecule has 36 heavy (non-hydrogen) atoms. The Balaban J connectivity index is 0.00000456. The van der Waals surface area contributed by atoms with Crippen LogP contribution in [0.3, 0.4) is 0 Å². The number of anilines is 1.